The van der Waals surface area contributed by atoms with Crippen LogP contribution >= 0.6 is 0 Å². The first kappa shape index (κ1) is 10.6. The van der Waals surface area contributed by atoms with E-state index < -0.39 is 0 Å². The maximum Gasteiger partial charge on any atom is 0.140 e. The largest absolute Gasteiger partial charge is 0.324 e. The van der Waals surface area contributed by atoms with Gasteiger partial charge in [-0.05, 0) is 31.6 Å². The third kappa shape index (κ3) is 2.20. The van der Waals surface area contributed by atoms with Crippen molar-refractivity contribution in [2.45, 2.75) is 51.6 Å². The topological polar surface area (TPSA) is 56.7 Å². The van der Waals surface area contributed by atoms with E-state index >= 15 is 0 Å². The van der Waals surface area contributed by atoms with E-state index in [1.165, 1.54) is 32.1 Å². The highest BCUT2D eigenvalue weighted by Gasteiger charge is 2.23. The Morgan fingerprint density at radius 2 is 2.13 bits per heavy atom. The van der Waals surface area contributed by atoms with Crippen molar-refractivity contribution < 1.29 is 0 Å². The van der Waals surface area contributed by atoms with E-state index in [1.807, 2.05) is 4.68 Å². The Labute approximate surface area is 90.9 Å². The van der Waals surface area contributed by atoms with Gasteiger partial charge in [-0.2, -0.15) is 5.10 Å². The molecule has 84 valence electrons. The lowest BCUT2D eigenvalue weighted by atomic mass is 9.84. The summed E-state index contributed by atoms with van der Waals surface area (Å²) in [6, 6.07) is 0.536. The second-order valence-electron chi connectivity index (χ2n) is 4.41. The van der Waals surface area contributed by atoms with Gasteiger partial charge in [0.1, 0.15) is 12.2 Å². The van der Waals surface area contributed by atoms with Crippen molar-refractivity contribution in [1.82, 2.24) is 14.8 Å². The first-order chi connectivity index (χ1) is 7.35. The quantitative estimate of drug-likeness (QED) is 0.825. The average molecular weight is 208 g/mol. The fraction of sp³-hybridized carbons (Fsp3) is 0.818. The van der Waals surface area contributed by atoms with Crippen LogP contribution in [0.3, 0.4) is 0 Å². The van der Waals surface area contributed by atoms with Gasteiger partial charge in [0.15, 0.2) is 0 Å². The maximum atomic E-state index is 5.63. The van der Waals surface area contributed by atoms with Crippen molar-refractivity contribution in [3.05, 3.63) is 12.2 Å². The van der Waals surface area contributed by atoms with Crippen molar-refractivity contribution in [3.63, 3.8) is 0 Å². The van der Waals surface area contributed by atoms with Gasteiger partial charge in [0.2, 0.25) is 0 Å². The average Bonchev–Trinajstić information content (AvgIpc) is 2.77. The molecule has 0 aliphatic heterocycles. The molecule has 1 aromatic rings. The van der Waals surface area contributed by atoms with Gasteiger partial charge < -0.3 is 5.73 Å². The Morgan fingerprint density at radius 3 is 2.73 bits per heavy atom. The molecule has 1 aromatic heterocycles. The molecule has 0 aromatic carbocycles. The SMILES string of the molecule is CCC1CCC(n2ncnc2CN)CC1. The first-order valence-electron chi connectivity index (χ1n) is 5.93. The van der Waals surface area contributed by atoms with Crippen molar-refractivity contribution in [1.29, 1.82) is 0 Å². The summed E-state index contributed by atoms with van der Waals surface area (Å²) in [5.74, 6) is 1.85. The standard InChI is InChI=1S/C11H20N4/c1-2-9-3-5-10(6-4-9)15-11(7-12)13-8-14-15/h8-10H,2-7,12H2,1H3. The zero-order valence-electron chi connectivity index (χ0n) is 9.39. The number of nitrogens with zero attached hydrogens (tertiary/aromatic N) is 3. The van der Waals surface area contributed by atoms with Gasteiger partial charge in [0.25, 0.3) is 0 Å². The summed E-state index contributed by atoms with van der Waals surface area (Å²) in [7, 11) is 0. The van der Waals surface area contributed by atoms with Gasteiger partial charge in [-0.15, -0.1) is 0 Å². The molecular formula is C11H20N4. The van der Waals surface area contributed by atoms with Gasteiger partial charge in [0.05, 0.1) is 12.6 Å². The molecule has 1 heterocycles. The number of nitrogens with two attached hydrogens (primary N) is 1. The summed E-state index contributed by atoms with van der Waals surface area (Å²) in [5.41, 5.74) is 5.63. The van der Waals surface area contributed by atoms with Crippen molar-refractivity contribution in [2.75, 3.05) is 0 Å². The van der Waals surface area contributed by atoms with Gasteiger partial charge in [0, 0.05) is 0 Å². The van der Waals surface area contributed by atoms with E-state index in [2.05, 4.69) is 17.0 Å². The van der Waals surface area contributed by atoms with E-state index in [0.29, 0.717) is 12.6 Å². The van der Waals surface area contributed by atoms with Crippen LogP contribution in [-0.2, 0) is 6.54 Å². The molecule has 0 amide bonds. The molecule has 1 aliphatic carbocycles. The summed E-state index contributed by atoms with van der Waals surface area (Å²) < 4.78 is 2.03. The minimum Gasteiger partial charge on any atom is -0.324 e. The van der Waals surface area contributed by atoms with Crippen LogP contribution in [0.15, 0.2) is 6.33 Å². The minimum atomic E-state index is 0.494. The second-order valence-corrected chi connectivity index (χ2v) is 4.41. The smallest absolute Gasteiger partial charge is 0.140 e. The molecule has 2 N–H and O–H groups in total. The molecule has 0 radical (unpaired) electrons. The van der Waals surface area contributed by atoms with E-state index in [4.69, 9.17) is 5.73 Å². The summed E-state index contributed by atoms with van der Waals surface area (Å²) >= 11 is 0. The summed E-state index contributed by atoms with van der Waals surface area (Å²) in [6.45, 7) is 2.78. The molecule has 4 nitrogen and oxygen atoms in total. The van der Waals surface area contributed by atoms with Crippen LogP contribution in [0.1, 0.15) is 50.9 Å². The molecule has 0 unspecified atom stereocenters. The fourth-order valence-electron chi connectivity index (χ4n) is 2.52. The summed E-state index contributed by atoms with van der Waals surface area (Å²) in [4.78, 5) is 4.18. The third-order valence-electron chi connectivity index (χ3n) is 3.57. The lowest BCUT2D eigenvalue weighted by molar-refractivity contribution is 0.252. The Hall–Kier alpha value is -0.900. The predicted molar refractivity (Wildman–Crippen MR) is 59.2 cm³/mol. The van der Waals surface area contributed by atoms with Crippen LogP contribution in [0.25, 0.3) is 0 Å². The van der Waals surface area contributed by atoms with Crippen molar-refractivity contribution in [2.24, 2.45) is 11.7 Å². The molecule has 15 heavy (non-hydrogen) atoms. The van der Waals surface area contributed by atoms with E-state index in [-0.39, 0.29) is 0 Å². The van der Waals surface area contributed by atoms with Gasteiger partial charge in [-0.3, -0.25) is 0 Å². The molecule has 2 rings (SSSR count). The number of rotatable bonds is 3. The molecular weight excluding hydrogens is 188 g/mol. The monoisotopic (exact) mass is 208 g/mol. The number of hydrogen-bond donors (Lipinski definition) is 1. The second kappa shape index (κ2) is 4.75. The third-order valence-corrected chi connectivity index (χ3v) is 3.57. The molecule has 4 heteroatoms. The van der Waals surface area contributed by atoms with Gasteiger partial charge >= 0.3 is 0 Å². The fourth-order valence-corrected chi connectivity index (χ4v) is 2.52. The van der Waals surface area contributed by atoms with Crippen LogP contribution < -0.4 is 5.73 Å². The number of hydrogen-bond acceptors (Lipinski definition) is 3. The van der Waals surface area contributed by atoms with Gasteiger partial charge in [-0.25, -0.2) is 9.67 Å². The molecule has 1 aliphatic rings. The molecule has 0 bridgehead atoms. The van der Waals surface area contributed by atoms with Crippen LogP contribution in [0.2, 0.25) is 0 Å². The molecule has 1 saturated carbocycles. The first-order valence-corrected chi connectivity index (χ1v) is 5.93. The Balaban J connectivity index is 2.01. The van der Waals surface area contributed by atoms with Crippen molar-refractivity contribution in [3.8, 4) is 0 Å². The van der Waals surface area contributed by atoms with Crippen molar-refractivity contribution >= 4 is 0 Å². The summed E-state index contributed by atoms with van der Waals surface area (Å²) in [6.07, 6.45) is 8.04. The Bertz CT molecular complexity index is 299. The molecule has 0 spiro atoms. The van der Waals surface area contributed by atoms with Crippen LogP contribution in [0, 0.1) is 5.92 Å². The minimum absolute atomic E-state index is 0.494. The maximum absolute atomic E-state index is 5.63. The van der Waals surface area contributed by atoms with E-state index in [9.17, 15) is 0 Å². The highest BCUT2D eigenvalue weighted by atomic mass is 15.4. The highest BCUT2D eigenvalue weighted by Crippen LogP contribution is 2.33. The van der Waals surface area contributed by atoms with E-state index in [0.717, 1.165) is 11.7 Å². The normalized spacial score (nSPS) is 26.8. The van der Waals surface area contributed by atoms with Gasteiger partial charge in [-0.1, -0.05) is 13.3 Å². The lowest BCUT2D eigenvalue weighted by Gasteiger charge is -2.28. The highest BCUT2D eigenvalue weighted by molar-refractivity contribution is 4.88. The lowest BCUT2D eigenvalue weighted by Crippen LogP contribution is -2.21. The Kier molecular flexibility index (Phi) is 3.36. The molecule has 0 atom stereocenters. The molecule has 0 saturated heterocycles. The van der Waals surface area contributed by atoms with Crippen LogP contribution in [0.4, 0.5) is 0 Å². The molecule has 1 fully saturated rings. The van der Waals surface area contributed by atoms with Crippen LogP contribution in [0.5, 0.6) is 0 Å². The Morgan fingerprint density at radius 1 is 1.40 bits per heavy atom. The zero-order valence-corrected chi connectivity index (χ0v) is 9.39. The van der Waals surface area contributed by atoms with Crippen LogP contribution in [-0.4, -0.2) is 14.8 Å². The zero-order chi connectivity index (χ0) is 10.7. The number of aromatic nitrogens is 3. The summed E-state index contributed by atoms with van der Waals surface area (Å²) in [5, 5.41) is 4.29. The predicted octanol–water partition coefficient (Wildman–Crippen LogP) is 1.88. The van der Waals surface area contributed by atoms with E-state index in [1.54, 1.807) is 6.33 Å².